The molecule has 1 aromatic heterocycles. The van der Waals surface area contributed by atoms with Crippen LogP contribution in [0.5, 0.6) is 5.75 Å². The largest absolute Gasteiger partial charge is 0.494 e. The van der Waals surface area contributed by atoms with Gasteiger partial charge in [0.15, 0.2) is 5.69 Å². The standard InChI is InChI=1S/C19H18FN3O3/c1-2-3-12-25-14-10-8-13(9-11-14)17-18(23-26-22-17)21-19(24)15-6-4-5-7-16(15)20/h4-11H,2-3,12H2,1H3,(H,21,23,24). The number of carbonyl (C=O) groups excluding carboxylic acids is 1. The van der Waals surface area contributed by atoms with Gasteiger partial charge in [0.25, 0.3) is 5.91 Å². The van der Waals surface area contributed by atoms with Gasteiger partial charge in [-0.15, -0.1) is 0 Å². The molecule has 2 aromatic carbocycles. The summed E-state index contributed by atoms with van der Waals surface area (Å²) in [6, 6.07) is 12.9. The number of nitrogens with one attached hydrogen (secondary N) is 1. The van der Waals surface area contributed by atoms with Gasteiger partial charge >= 0.3 is 0 Å². The molecular weight excluding hydrogens is 337 g/mol. The maximum Gasteiger partial charge on any atom is 0.259 e. The quantitative estimate of drug-likeness (QED) is 0.639. The number of carbonyl (C=O) groups is 1. The second kappa shape index (κ2) is 8.24. The Morgan fingerprint density at radius 1 is 1.15 bits per heavy atom. The van der Waals surface area contributed by atoms with Crippen LogP contribution in [-0.4, -0.2) is 22.8 Å². The van der Waals surface area contributed by atoms with Crippen molar-refractivity contribution in [1.29, 1.82) is 0 Å². The van der Waals surface area contributed by atoms with Gasteiger partial charge in [-0.3, -0.25) is 4.79 Å². The number of nitrogens with zero attached hydrogens (tertiary/aromatic N) is 2. The van der Waals surface area contributed by atoms with E-state index in [-0.39, 0.29) is 11.4 Å². The molecule has 6 nitrogen and oxygen atoms in total. The minimum atomic E-state index is -0.625. The predicted molar refractivity (Wildman–Crippen MR) is 94.5 cm³/mol. The molecule has 7 heteroatoms. The molecule has 0 aliphatic rings. The minimum Gasteiger partial charge on any atom is -0.494 e. The summed E-state index contributed by atoms with van der Waals surface area (Å²) in [6.07, 6.45) is 2.05. The Hall–Kier alpha value is -3.22. The van der Waals surface area contributed by atoms with E-state index in [4.69, 9.17) is 9.37 Å². The lowest BCUT2D eigenvalue weighted by Crippen LogP contribution is -2.14. The fraction of sp³-hybridized carbons (Fsp3) is 0.211. The fourth-order valence-electron chi connectivity index (χ4n) is 2.32. The van der Waals surface area contributed by atoms with E-state index in [1.807, 2.05) is 12.1 Å². The molecule has 0 saturated heterocycles. The summed E-state index contributed by atoms with van der Waals surface area (Å²) in [6.45, 7) is 2.76. The lowest BCUT2D eigenvalue weighted by molar-refractivity contribution is 0.102. The molecule has 26 heavy (non-hydrogen) atoms. The number of unbranched alkanes of at least 4 members (excludes halogenated alkanes) is 1. The van der Waals surface area contributed by atoms with E-state index in [9.17, 15) is 9.18 Å². The van der Waals surface area contributed by atoms with Crippen LogP contribution in [0.4, 0.5) is 10.2 Å². The number of hydrogen-bond acceptors (Lipinski definition) is 5. The fourth-order valence-corrected chi connectivity index (χ4v) is 2.32. The molecule has 134 valence electrons. The molecule has 0 spiro atoms. The smallest absolute Gasteiger partial charge is 0.259 e. The molecule has 1 amide bonds. The van der Waals surface area contributed by atoms with Crippen molar-refractivity contribution in [3.63, 3.8) is 0 Å². The summed E-state index contributed by atoms with van der Waals surface area (Å²) in [7, 11) is 0. The SMILES string of the molecule is CCCCOc1ccc(-c2nonc2NC(=O)c2ccccc2F)cc1. The summed E-state index contributed by atoms with van der Waals surface area (Å²) in [5.41, 5.74) is 0.967. The number of rotatable bonds is 7. The summed E-state index contributed by atoms with van der Waals surface area (Å²) < 4.78 is 24.1. The van der Waals surface area contributed by atoms with Crippen LogP contribution in [0.2, 0.25) is 0 Å². The molecule has 3 rings (SSSR count). The van der Waals surface area contributed by atoms with E-state index in [1.54, 1.807) is 18.2 Å². The Morgan fingerprint density at radius 2 is 1.92 bits per heavy atom. The molecule has 0 aliphatic carbocycles. The topological polar surface area (TPSA) is 77.2 Å². The van der Waals surface area contributed by atoms with E-state index in [0.717, 1.165) is 18.6 Å². The summed E-state index contributed by atoms with van der Waals surface area (Å²) in [4.78, 5) is 12.2. The number of ether oxygens (including phenoxy) is 1. The van der Waals surface area contributed by atoms with Gasteiger partial charge in [0.1, 0.15) is 11.6 Å². The maximum atomic E-state index is 13.7. The molecule has 0 radical (unpaired) electrons. The number of amides is 1. The zero-order valence-electron chi connectivity index (χ0n) is 14.2. The van der Waals surface area contributed by atoms with E-state index >= 15 is 0 Å². The van der Waals surface area contributed by atoms with E-state index < -0.39 is 11.7 Å². The van der Waals surface area contributed by atoms with Gasteiger partial charge in [0, 0.05) is 5.56 Å². The highest BCUT2D eigenvalue weighted by Gasteiger charge is 2.18. The van der Waals surface area contributed by atoms with Crippen LogP contribution in [0.25, 0.3) is 11.3 Å². The van der Waals surface area contributed by atoms with Gasteiger partial charge in [-0.05, 0) is 53.1 Å². The van der Waals surface area contributed by atoms with Crippen LogP contribution in [-0.2, 0) is 0 Å². The number of hydrogen-bond donors (Lipinski definition) is 1. The zero-order valence-corrected chi connectivity index (χ0v) is 14.2. The minimum absolute atomic E-state index is 0.0823. The molecule has 1 N–H and O–H groups in total. The molecule has 0 saturated carbocycles. The van der Waals surface area contributed by atoms with Crippen molar-refractivity contribution in [2.24, 2.45) is 0 Å². The highest BCUT2D eigenvalue weighted by Crippen LogP contribution is 2.27. The molecule has 0 bridgehead atoms. The van der Waals surface area contributed by atoms with Crippen molar-refractivity contribution in [3.05, 3.63) is 59.9 Å². The van der Waals surface area contributed by atoms with Gasteiger partial charge in [0.2, 0.25) is 5.82 Å². The van der Waals surface area contributed by atoms with Gasteiger partial charge in [-0.2, -0.15) is 0 Å². The first kappa shape index (κ1) is 17.6. The second-order valence-electron chi connectivity index (χ2n) is 5.62. The van der Waals surface area contributed by atoms with Crippen LogP contribution in [0.3, 0.4) is 0 Å². The van der Waals surface area contributed by atoms with Gasteiger partial charge < -0.3 is 10.1 Å². The Morgan fingerprint density at radius 3 is 2.65 bits per heavy atom. The summed E-state index contributed by atoms with van der Waals surface area (Å²) >= 11 is 0. The van der Waals surface area contributed by atoms with Crippen LogP contribution in [0.1, 0.15) is 30.1 Å². The average molecular weight is 355 g/mol. The number of anilines is 1. The van der Waals surface area contributed by atoms with Crippen molar-refractivity contribution in [2.45, 2.75) is 19.8 Å². The third kappa shape index (κ3) is 4.05. The lowest BCUT2D eigenvalue weighted by Gasteiger charge is -2.06. The molecule has 3 aromatic rings. The monoisotopic (exact) mass is 355 g/mol. The normalized spacial score (nSPS) is 10.5. The van der Waals surface area contributed by atoms with Crippen molar-refractivity contribution < 1.29 is 18.6 Å². The number of benzene rings is 2. The molecule has 0 fully saturated rings. The van der Waals surface area contributed by atoms with Crippen LogP contribution in [0, 0.1) is 5.82 Å². The molecule has 0 aliphatic heterocycles. The first-order chi connectivity index (χ1) is 12.7. The van der Waals surface area contributed by atoms with Crippen LogP contribution < -0.4 is 10.1 Å². The Balaban J connectivity index is 1.74. The third-order valence-corrected chi connectivity index (χ3v) is 3.73. The van der Waals surface area contributed by atoms with Crippen molar-refractivity contribution >= 4 is 11.7 Å². The number of halogens is 1. The van der Waals surface area contributed by atoms with Crippen LogP contribution in [0.15, 0.2) is 53.2 Å². The highest BCUT2D eigenvalue weighted by atomic mass is 19.1. The predicted octanol–water partition coefficient (Wildman–Crippen LogP) is 4.31. The first-order valence-corrected chi connectivity index (χ1v) is 8.30. The van der Waals surface area contributed by atoms with E-state index in [2.05, 4.69) is 22.6 Å². The Bertz CT molecular complexity index is 878. The highest BCUT2D eigenvalue weighted by molar-refractivity contribution is 6.05. The van der Waals surface area contributed by atoms with Gasteiger partial charge in [-0.25, -0.2) is 9.02 Å². The van der Waals surface area contributed by atoms with Crippen molar-refractivity contribution in [2.75, 3.05) is 11.9 Å². The summed E-state index contributed by atoms with van der Waals surface area (Å²) in [5, 5.41) is 10.0. The lowest BCUT2D eigenvalue weighted by atomic mass is 10.1. The molecule has 1 heterocycles. The average Bonchev–Trinajstić information content (AvgIpc) is 3.11. The van der Waals surface area contributed by atoms with Crippen molar-refractivity contribution in [3.8, 4) is 17.0 Å². The third-order valence-electron chi connectivity index (χ3n) is 3.73. The summed E-state index contributed by atoms with van der Waals surface area (Å²) in [5.74, 6) is -0.371. The van der Waals surface area contributed by atoms with Gasteiger partial charge in [0.05, 0.1) is 12.2 Å². The van der Waals surface area contributed by atoms with Crippen LogP contribution >= 0.6 is 0 Å². The maximum absolute atomic E-state index is 13.7. The Kier molecular flexibility index (Phi) is 5.58. The molecule has 0 unspecified atom stereocenters. The number of aromatic nitrogens is 2. The molecular formula is C19H18FN3O3. The molecule has 0 atom stereocenters. The van der Waals surface area contributed by atoms with E-state index in [1.165, 1.54) is 18.2 Å². The second-order valence-corrected chi connectivity index (χ2v) is 5.62. The van der Waals surface area contributed by atoms with Crippen molar-refractivity contribution in [1.82, 2.24) is 10.3 Å². The first-order valence-electron chi connectivity index (χ1n) is 8.30. The zero-order chi connectivity index (χ0) is 18.4. The Labute approximate surface area is 149 Å². The van der Waals surface area contributed by atoms with E-state index in [0.29, 0.717) is 17.9 Å². The van der Waals surface area contributed by atoms with Gasteiger partial charge in [-0.1, -0.05) is 25.5 Å².